The van der Waals surface area contributed by atoms with Crippen molar-refractivity contribution < 1.29 is 0 Å². The van der Waals surface area contributed by atoms with Crippen LogP contribution in [-0.4, -0.2) is 36.4 Å². The Hall–Kier alpha value is 0.709. The molecule has 0 aromatic heterocycles. The van der Waals surface area contributed by atoms with Gasteiger partial charge in [-0.15, -0.1) is 0 Å². The number of rotatable bonds is 3. The second kappa shape index (κ2) is 13.1. The van der Waals surface area contributed by atoms with Gasteiger partial charge in [-0.05, 0) is 18.0 Å². The molecule has 0 unspecified atom stereocenters. The van der Waals surface area contributed by atoms with Gasteiger partial charge in [-0.2, -0.15) is 0 Å². The Morgan fingerprint density at radius 2 is 1.35 bits per heavy atom. The summed E-state index contributed by atoms with van der Waals surface area (Å²) in [6, 6.07) is 10.9. The van der Waals surface area contributed by atoms with Crippen LogP contribution in [-0.2, 0) is 0 Å². The first-order valence-electron chi connectivity index (χ1n) is 6.16. The molecule has 100 valence electrons. The van der Waals surface area contributed by atoms with Crippen LogP contribution in [0, 0.1) is 0 Å². The summed E-state index contributed by atoms with van der Waals surface area (Å²) >= 11 is 0.438. The number of nitrogens with one attached hydrogen (secondary N) is 1. The molecular formula is C14H28INSn. The van der Waals surface area contributed by atoms with E-state index in [9.17, 15) is 0 Å². The molecule has 0 aliphatic heterocycles. The van der Waals surface area contributed by atoms with Crippen molar-refractivity contribution in [1.82, 2.24) is 5.32 Å². The molecule has 3 heteroatoms. The predicted molar refractivity (Wildman–Crippen MR) is 93.6 cm³/mol. The molecule has 0 saturated heterocycles. The summed E-state index contributed by atoms with van der Waals surface area (Å²) in [5.74, 6) is 0. The van der Waals surface area contributed by atoms with Crippen LogP contribution in [0.1, 0.15) is 13.8 Å². The summed E-state index contributed by atoms with van der Waals surface area (Å²) in [4.78, 5) is 9.27. The first-order chi connectivity index (χ1) is 8.02. The van der Waals surface area contributed by atoms with Gasteiger partial charge in [0, 0.05) is 0 Å². The van der Waals surface area contributed by atoms with Crippen LogP contribution in [0.3, 0.4) is 0 Å². The standard InChI is InChI=1S/C6H5.C4H11N.CH3I.3CH3.Sn/c1-2-4-6-5-3-1;1-3-5-4-2;1-2;;;;/h1-5H;5H,3-4H2,1-2H3;1H3;3*1H3;. The molecule has 1 rings (SSSR count). The van der Waals surface area contributed by atoms with E-state index in [2.05, 4.69) is 86.9 Å². The Balaban J connectivity index is 0. The van der Waals surface area contributed by atoms with Gasteiger partial charge < -0.3 is 5.32 Å². The van der Waals surface area contributed by atoms with E-state index in [0.717, 1.165) is 13.1 Å². The van der Waals surface area contributed by atoms with E-state index in [1.165, 1.54) is 0 Å². The average Bonchev–Trinajstić information content (AvgIpc) is 2.34. The fourth-order valence-corrected chi connectivity index (χ4v) is 4.59. The third-order valence-electron chi connectivity index (χ3n) is 2.14. The van der Waals surface area contributed by atoms with Gasteiger partial charge in [-0.3, -0.25) is 0 Å². The zero-order valence-corrected chi connectivity index (χ0v) is 17.2. The molecule has 0 heterocycles. The van der Waals surface area contributed by atoms with E-state index in [1.807, 2.05) is 4.93 Å². The van der Waals surface area contributed by atoms with Crippen molar-refractivity contribution in [3.05, 3.63) is 30.3 Å². The Kier molecular flexibility index (Phi) is 15.5. The maximum atomic E-state index is 3.11. The van der Waals surface area contributed by atoms with E-state index in [4.69, 9.17) is 0 Å². The molecule has 0 spiro atoms. The molecule has 0 atom stereocenters. The summed E-state index contributed by atoms with van der Waals surface area (Å²) in [5.41, 5.74) is 0. The molecule has 0 saturated carbocycles. The summed E-state index contributed by atoms with van der Waals surface area (Å²) in [6.45, 7) is 6.39. The van der Waals surface area contributed by atoms with Crippen LogP contribution in [0.4, 0.5) is 0 Å². The van der Waals surface area contributed by atoms with Crippen LogP contribution < -0.4 is 8.90 Å². The minimum absolute atomic E-state index is 1.09. The number of hydrogen-bond donors (Lipinski definition) is 1. The van der Waals surface area contributed by atoms with Crippen molar-refractivity contribution in [2.75, 3.05) is 18.0 Å². The maximum absolute atomic E-state index is 3.11. The molecule has 1 aromatic rings. The number of benzene rings is 1. The molecule has 1 N–H and O–H groups in total. The van der Waals surface area contributed by atoms with Crippen LogP contribution in [0.15, 0.2) is 30.3 Å². The van der Waals surface area contributed by atoms with Crippen molar-refractivity contribution in [3.63, 3.8) is 0 Å². The second-order valence-corrected chi connectivity index (χ2v) is 19.1. The summed E-state index contributed by atoms with van der Waals surface area (Å²) < 4.78 is 1.61. The summed E-state index contributed by atoms with van der Waals surface area (Å²) in [6.07, 6.45) is 0. The minimum atomic E-state index is -1.71. The molecule has 1 nitrogen and oxygen atoms in total. The molecule has 0 fully saturated rings. The third kappa shape index (κ3) is 12.9. The normalized spacial score (nSPS) is 9.59. The molecular weight excluding hydrogens is 428 g/mol. The Morgan fingerprint density at radius 1 is 0.941 bits per heavy atom. The summed E-state index contributed by atoms with van der Waals surface area (Å²) in [5, 5.41) is 3.11. The summed E-state index contributed by atoms with van der Waals surface area (Å²) in [7, 11) is 0. The van der Waals surface area contributed by atoms with E-state index in [1.54, 1.807) is 3.58 Å². The van der Waals surface area contributed by atoms with Crippen LogP contribution in [0.5, 0.6) is 0 Å². The third-order valence-corrected chi connectivity index (χ3v) is 8.03. The number of hydrogen-bond acceptors (Lipinski definition) is 1. The second-order valence-electron chi connectivity index (χ2n) is 4.57. The van der Waals surface area contributed by atoms with Gasteiger partial charge in [-0.25, -0.2) is 0 Å². The average molecular weight is 456 g/mol. The molecule has 0 aliphatic carbocycles. The topological polar surface area (TPSA) is 12.0 Å². The monoisotopic (exact) mass is 457 g/mol. The van der Waals surface area contributed by atoms with Crippen LogP contribution in [0.25, 0.3) is 0 Å². The van der Waals surface area contributed by atoms with Gasteiger partial charge in [0.2, 0.25) is 0 Å². The fourth-order valence-electron chi connectivity index (χ4n) is 1.19. The Bertz CT molecular complexity index is 242. The molecule has 1 aromatic carbocycles. The van der Waals surface area contributed by atoms with Gasteiger partial charge in [0.1, 0.15) is 0 Å². The zero-order valence-electron chi connectivity index (χ0n) is 12.2. The van der Waals surface area contributed by atoms with E-state index >= 15 is 0 Å². The van der Waals surface area contributed by atoms with Crippen LogP contribution >= 0.6 is 22.6 Å². The van der Waals surface area contributed by atoms with Crippen molar-refractivity contribution in [2.24, 2.45) is 0 Å². The fraction of sp³-hybridized carbons (Fsp3) is 0.571. The van der Waals surface area contributed by atoms with Gasteiger partial charge in [0.05, 0.1) is 0 Å². The Labute approximate surface area is 126 Å². The molecule has 0 amide bonds. The molecule has 0 aliphatic rings. The van der Waals surface area contributed by atoms with Crippen molar-refractivity contribution >= 4 is 44.5 Å². The molecule has 0 bridgehead atoms. The Morgan fingerprint density at radius 3 is 1.53 bits per heavy atom. The number of alkyl halides is 1. The zero-order chi connectivity index (χ0) is 13.7. The quantitative estimate of drug-likeness (QED) is 0.414. The van der Waals surface area contributed by atoms with Gasteiger partial charge in [-0.1, -0.05) is 36.4 Å². The van der Waals surface area contributed by atoms with E-state index in [0.29, 0.717) is 0 Å². The first-order valence-corrected chi connectivity index (χ1v) is 18.3. The van der Waals surface area contributed by atoms with E-state index < -0.39 is 18.4 Å². The first kappa shape index (κ1) is 20.0. The number of halogens is 1. The molecule has 17 heavy (non-hydrogen) atoms. The molecule has 0 radical (unpaired) electrons. The van der Waals surface area contributed by atoms with Gasteiger partial charge in [0.15, 0.2) is 0 Å². The predicted octanol–water partition coefficient (Wildman–Crippen LogP) is 3.90. The van der Waals surface area contributed by atoms with Crippen LogP contribution in [0.2, 0.25) is 14.8 Å². The van der Waals surface area contributed by atoms with E-state index in [-0.39, 0.29) is 0 Å². The van der Waals surface area contributed by atoms with Crippen molar-refractivity contribution in [3.8, 4) is 0 Å². The van der Waals surface area contributed by atoms with Crippen molar-refractivity contribution in [1.29, 1.82) is 0 Å². The van der Waals surface area contributed by atoms with Gasteiger partial charge >= 0.3 is 67.1 Å². The SMILES string of the molecule is CCNCC.CI.[CH3][Sn]([CH3])([CH3])[c]1ccccc1. The van der Waals surface area contributed by atoms with Crippen molar-refractivity contribution in [2.45, 2.75) is 28.7 Å². The van der Waals surface area contributed by atoms with Gasteiger partial charge in [0.25, 0.3) is 0 Å².